The van der Waals surface area contributed by atoms with Crippen LogP contribution in [0.15, 0.2) is 121 Å². The molecule has 0 spiro atoms. The first-order chi connectivity index (χ1) is 21.1. The van der Waals surface area contributed by atoms with Gasteiger partial charge in [0.25, 0.3) is 0 Å². The number of benzene rings is 4. The molecule has 0 aromatic heterocycles. The molecular weight excluding hydrogens is 548 g/mol. The molecule has 0 aliphatic carbocycles. The van der Waals surface area contributed by atoms with Crippen molar-refractivity contribution in [3.05, 3.63) is 144 Å². The van der Waals surface area contributed by atoms with E-state index in [9.17, 15) is 9.59 Å². The Kier molecular flexibility index (Phi) is 9.62. The van der Waals surface area contributed by atoms with E-state index in [0.29, 0.717) is 31.7 Å². The SMILES string of the molecule is CC1(C)COC(C)(C)N1C(=O)O[C@H](C(=O)c1ccccc1)[C@H](Cc1ccccc1)N(Cc1ccccc1)Cc1ccccc1. The summed E-state index contributed by atoms with van der Waals surface area (Å²) in [7, 11) is 0. The molecule has 0 N–H and O–H groups in total. The first kappa shape index (κ1) is 31.2. The quantitative estimate of drug-likeness (QED) is 0.169. The average Bonchev–Trinajstić information content (AvgIpc) is 3.26. The molecule has 0 unspecified atom stereocenters. The van der Waals surface area contributed by atoms with E-state index < -0.39 is 29.5 Å². The first-order valence-corrected chi connectivity index (χ1v) is 15.2. The topological polar surface area (TPSA) is 59.1 Å². The lowest BCUT2D eigenvalue weighted by Gasteiger charge is -2.40. The lowest BCUT2D eigenvalue weighted by Crippen LogP contribution is -2.56. The highest BCUT2D eigenvalue weighted by molar-refractivity contribution is 6.01. The zero-order valence-electron chi connectivity index (χ0n) is 26.1. The smallest absolute Gasteiger partial charge is 0.413 e. The van der Waals surface area contributed by atoms with Crippen molar-refractivity contribution in [1.82, 2.24) is 9.80 Å². The summed E-state index contributed by atoms with van der Waals surface area (Å²) >= 11 is 0. The van der Waals surface area contributed by atoms with Crippen LogP contribution < -0.4 is 0 Å². The van der Waals surface area contributed by atoms with Gasteiger partial charge in [0, 0.05) is 18.7 Å². The van der Waals surface area contributed by atoms with Crippen LogP contribution in [0.25, 0.3) is 0 Å². The molecule has 2 atom stereocenters. The van der Waals surface area contributed by atoms with Gasteiger partial charge in [-0.2, -0.15) is 0 Å². The highest BCUT2D eigenvalue weighted by Gasteiger charge is 2.51. The predicted molar refractivity (Wildman–Crippen MR) is 173 cm³/mol. The van der Waals surface area contributed by atoms with Crippen molar-refractivity contribution in [3.63, 3.8) is 0 Å². The maximum absolute atomic E-state index is 14.5. The van der Waals surface area contributed by atoms with Crippen LogP contribution in [0.1, 0.15) is 54.7 Å². The zero-order valence-corrected chi connectivity index (χ0v) is 26.1. The fourth-order valence-corrected chi connectivity index (χ4v) is 6.12. The molecule has 1 aliphatic heterocycles. The molecule has 1 amide bonds. The summed E-state index contributed by atoms with van der Waals surface area (Å²) < 4.78 is 12.4. The van der Waals surface area contributed by atoms with Crippen molar-refractivity contribution in [2.24, 2.45) is 0 Å². The largest absolute Gasteiger partial charge is 0.436 e. The van der Waals surface area contributed by atoms with E-state index in [1.165, 1.54) is 0 Å². The number of amides is 1. The van der Waals surface area contributed by atoms with Gasteiger partial charge >= 0.3 is 6.09 Å². The van der Waals surface area contributed by atoms with Gasteiger partial charge in [-0.1, -0.05) is 121 Å². The molecule has 4 aromatic rings. The highest BCUT2D eigenvalue weighted by Crippen LogP contribution is 2.36. The monoisotopic (exact) mass is 590 g/mol. The Morgan fingerprint density at radius 3 is 1.64 bits per heavy atom. The molecule has 44 heavy (non-hydrogen) atoms. The summed E-state index contributed by atoms with van der Waals surface area (Å²) in [5.41, 5.74) is 2.27. The van der Waals surface area contributed by atoms with Crippen LogP contribution in [0.2, 0.25) is 0 Å². The molecule has 6 heteroatoms. The van der Waals surface area contributed by atoms with Gasteiger partial charge in [-0.15, -0.1) is 0 Å². The third-order valence-corrected chi connectivity index (χ3v) is 8.21. The number of rotatable bonds is 11. The Morgan fingerprint density at radius 1 is 0.727 bits per heavy atom. The van der Waals surface area contributed by atoms with Crippen LogP contribution in [-0.2, 0) is 29.0 Å². The van der Waals surface area contributed by atoms with Crippen molar-refractivity contribution in [2.45, 2.75) is 70.6 Å². The maximum Gasteiger partial charge on any atom is 0.413 e. The zero-order chi connectivity index (χ0) is 31.2. The Labute approximate surface area is 261 Å². The second kappa shape index (κ2) is 13.6. The summed E-state index contributed by atoms with van der Waals surface area (Å²) in [6.45, 7) is 9.12. The fourth-order valence-electron chi connectivity index (χ4n) is 6.12. The minimum Gasteiger partial charge on any atom is -0.436 e. The van der Waals surface area contributed by atoms with Crippen LogP contribution in [0.4, 0.5) is 4.79 Å². The first-order valence-electron chi connectivity index (χ1n) is 15.2. The third-order valence-electron chi connectivity index (χ3n) is 8.21. The molecule has 6 nitrogen and oxygen atoms in total. The van der Waals surface area contributed by atoms with E-state index in [1.807, 2.05) is 100 Å². The van der Waals surface area contributed by atoms with Crippen molar-refractivity contribution >= 4 is 11.9 Å². The van der Waals surface area contributed by atoms with E-state index in [4.69, 9.17) is 9.47 Å². The third kappa shape index (κ3) is 7.44. The van der Waals surface area contributed by atoms with Gasteiger partial charge in [0.15, 0.2) is 6.10 Å². The molecule has 1 heterocycles. The number of hydrogen-bond acceptors (Lipinski definition) is 5. The van der Waals surface area contributed by atoms with Crippen molar-refractivity contribution < 1.29 is 19.1 Å². The van der Waals surface area contributed by atoms with E-state index in [1.54, 1.807) is 17.0 Å². The molecule has 228 valence electrons. The standard InChI is InChI=1S/C38H42N2O4/c1-37(2)28-43-38(3,4)40(37)36(42)44-35(34(41)32-23-15-8-16-24-32)33(25-29-17-9-5-10-18-29)39(26-30-19-11-6-12-20-30)27-31-21-13-7-14-22-31/h5-24,33,35H,25-28H2,1-4H3/t33-,35-/m0/s1. The van der Waals surface area contributed by atoms with Crippen molar-refractivity contribution in [3.8, 4) is 0 Å². The van der Waals surface area contributed by atoms with Crippen molar-refractivity contribution in [1.29, 1.82) is 0 Å². The summed E-state index contributed by atoms with van der Waals surface area (Å²) in [5.74, 6) is -0.235. The summed E-state index contributed by atoms with van der Waals surface area (Å²) in [6, 6.07) is 39.2. The fraction of sp³-hybridized carbons (Fsp3) is 0.316. The number of carbonyl (C=O) groups excluding carboxylic acids is 2. The number of carbonyl (C=O) groups is 2. The second-order valence-electron chi connectivity index (χ2n) is 12.6. The number of nitrogens with zero attached hydrogens (tertiary/aromatic N) is 2. The average molecular weight is 591 g/mol. The maximum atomic E-state index is 14.5. The molecule has 0 saturated carbocycles. The molecule has 1 aliphatic rings. The van der Waals surface area contributed by atoms with Crippen LogP contribution in [-0.4, -0.2) is 51.7 Å². The second-order valence-corrected chi connectivity index (χ2v) is 12.6. The molecule has 4 aromatic carbocycles. The van der Waals surface area contributed by atoms with Crippen LogP contribution in [0, 0.1) is 0 Å². The normalized spacial score (nSPS) is 16.8. The number of ketones is 1. The minimum atomic E-state index is -1.09. The van der Waals surface area contributed by atoms with Gasteiger partial charge in [-0.3, -0.25) is 14.6 Å². The summed E-state index contributed by atoms with van der Waals surface area (Å²) in [5, 5.41) is 0. The highest BCUT2D eigenvalue weighted by atomic mass is 16.6. The van der Waals surface area contributed by atoms with E-state index in [-0.39, 0.29) is 5.78 Å². The Balaban J connectivity index is 1.61. The lowest BCUT2D eigenvalue weighted by atomic mass is 9.92. The van der Waals surface area contributed by atoms with Crippen molar-refractivity contribution in [2.75, 3.05) is 6.61 Å². The Hall–Kier alpha value is -4.26. The Morgan fingerprint density at radius 2 is 1.18 bits per heavy atom. The molecule has 0 radical (unpaired) electrons. The van der Waals surface area contributed by atoms with Crippen LogP contribution >= 0.6 is 0 Å². The number of hydrogen-bond donors (Lipinski definition) is 0. The van der Waals surface area contributed by atoms with Gasteiger partial charge in [-0.05, 0) is 50.8 Å². The molecule has 1 saturated heterocycles. The van der Waals surface area contributed by atoms with Gasteiger partial charge in [0.05, 0.1) is 18.2 Å². The van der Waals surface area contributed by atoms with Gasteiger partial charge in [0.2, 0.25) is 5.78 Å². The van der Waals surface area contributed by atoms with Gasteiger partial charge in [-0.25, -0.2) is 4.79 Å². The van der Waals surface area contributed by atoms with E-state index in [0.717, 1.165) is 16.7 Å². The molecule has 5 rings (SSSR count). The lowest BCUT2D eigenvalue weighted by molar-refractivity contribution is -0.0634. The molecular formula is C38H42N2O4. The Bertz CT molecular complexity index is 1450. The molecule has 1 fully saturated rings. The van der Waals surface area contributed by atoms with Crippen LogP contribution in [0.5, 0.6) is 0 Å². The van der Waals surface area contributed by atoms with Crippen LogP contribution in [0.3, 0.4) is 0 Å². The van der Waals surface area contributed by atoms with E-state index in [2.05, 4.69) is 41.3 Å². The summed E-state index contributed by atoms with van der Waals surface area (Å²) in [4.78, 5) is 32.6. The number of Topliss-reactive ketones (excluding diaryl/α,β-unsaturated/α-hetero) is 1. The van der Waals surface area contributed by atoms with Gasteiger partial charge in [0.1, 0.15) is 5.72 Å². The number of ether oxygens (including phenoxy) is 2. The van der Waals surface area contributed by atoms with Gasteiger partial charge < -0.3 is 9.47 Å². The molecule has 0 bridgehead atoms. The minimum absolute atomic E-state index is 0.235. The van der Waals surface area contributed by atoms with E-state index >= 15 is 0 Å². The predicted octanol–water partition coefficient (Wildman–Crippen LogP) is 7.54. The summed E-state index contributed by atoms with van der Waals surface area (Å²) in [6.07, 6.45) is -1.16.